The van der Waals surface area contributed by atoms with Crippen LogP contribution in [0.5, 0.6) is 0 Å². The molecule has 7 heteroatoms. The maximum Gasteiger partial charge on any atom is 0.259 e. The van der Waals surface area contributed by atoms with Crippen molar-refractivity contribution < 1.29 is 8.42 Å². The Labute approximate surface area is 103 Å². The van der Waals surface area contributed by atoms with Gasteiger partial charge in [-0.1, -0.05) is 15.9 Å². The molecule has 0 saturated heterocycles. The van der Waals surface area contributed by atoms with E-state index in [0.29, 0.717) is 12.5 Å². The van der Waals surface area contributed by atoms with Crippen molar-refractivity contribution in [2.75, 3.05) is 6.54 Å². The van der Waals surface area contributed by atoms with E-state index in [1.165, 1.54) is 25.4 Å². The first-order valence-corrected chi connectivity index (χ1v) is 7.50. The number of aryl methyl sites for hydroxylation is 1. The lowest BCUT2D eigenvalue weighted by atomic mass is 10.3. The molecule has 1 aromatic heterocycles. The first kappa shape index (κ1) is 12.1. The second-order valence-electron chi connectivity index (χ2n) is 4.08. The fourth-order valence-electron chi connectivity index (χ4n) is 1.42. The van der Waals surface area contributed by atoms with E-state index in [-0.39, 0.29) is 9.85 Å². The number of nitrogens with one attached hydrogen (secondary N) is 1. The minimum atomic E-state index is -3.45. The minimum absolute atomic E-state index is 0.0745. The van der Waals surface area contributed by atoms with Gasteiger partial charge in [0, 0.05) is 24.6 Å². The van der Waals surface area contributed by atoms with Crippen LogP contribution in [0.15, 0.2) is 17.6 Å². The second-order valence-corrected chi connectivity index (χ2v) is 6.97. The van der Waals surface area contributed by atoms with Crippen molar-refractivity contribution in [1.82, 2.24) is 14.3 Å². The summed E-state index contributed by atoms with van der Waals surface area (Å²) < 4.78 is 27.7. The van der Waals surface area contributed by atoms with Crippen LogP contribution < -0.4 is 4.72 Å². The van der Waals surface area contributed by atoms with Gasteiger partial charge in [-0.3, -0.25) is 0 Å². The zero-order valence-corrected chi connectivity index (χ0v) is 11.3. The molecular formula is C9H14BrN3O2S. The number of rotatable bonds is 5. The van der Waals surface area contributed by atoms with Gasteiger partial charge in [-0.2, -0.15) is 0 Å². The van der Waals surface area contributed by atoms with E-state index in [1.54, 1.807) is 11.6 Å². The van der Waals surface area contributed by atoms with E-state index >= 15 is 0 Å². The van der Waals surface area contributed by atoms with Gasteiger partial charge in [-0.15, -0.1) is 0 Å². The van der Waals surface area contributed by atoms with E-state index in [9.17, 15) is 8.42 Å². The maximum absolute atomic E-state index is 11.8. The van der Waals surface area contributed by atoms with Crippen LogP contribution in [-0.4, -0.2) is 29.3 Å². The van der Waals surface area contributed by atoms with Crippen molar-refractivity contribution in [2.24, 2.45) is 13.0 Å². The van der Waals surface area contributed by atoms with Crippen LogP contribution in [0.1, 0.15) is 12.8 Å². The molecule has 1 aromatic rings. The fraction of sp³-hybridized carbons (Fsp3) is 0.667. The van der Waals surface area contributed by atoms with E-state index in [0.717, 1.165) is 0 Å². The standard InChI is InChI=1S/C9H14BrN3O2S/c1-13-5-9(11-6-13)16(14,15)12-4-8(10)7-2-3-7/h5-8,12H,2-4H2,1H3. The smallest absolute Gasteiger partial charge is 0.259 e. The molecule has 0 amide bonds. The molecule has 1 N–H and O–H groups in total. The Bertz CT molecular complexity index is 467. The molecule has 0 aromatic carbocycles. The van der Waals surface area contributed by atoms with Gasteiger partial charge in [-0.05, 0) is 18.8 Å². The zero-order chi connectivity index (χ0) is 11.8. The molecule has 5 nitrogen and oxygen atoms in total. The zero-order valence-electron chi connectivity index (χ0n) is 8.93. The predicted octanol–water partition coefficient (Wildman–Crippen LogP) is 0.872. The Kier molecular flexibility index (Phi) is 3.37. The van der Waals surface area contributed by atoms with Gasteiger partial charge in [0.1, 0.15) is 0 Å². The molecule has 0 aliphatic heterocycles. The van der Waals surface area contributed by atoms with Gasteiger partial charge in [0.15, 0.2) is 5.03 Å². The normalized spacial score (nSPS) is 18.6. The van der Waals surface area contributed by atoms with E-state index in [2.05, 4.69) is 25.6 Å². The largest absolute Gasteiger partial charge is 0.339 e. The van der Waals surface area contributed by atoms with Crippen molar-refractivity contribution in [3.63, 3.8) is 0 Å². The summed E-state index contributed by atoms with van der Waals surface area (Å²) in [6, 6.07) is 0. The minimum Gasteiger partial charge on any atom is -0.339 e. The first-order chi connectivity index (χ1) is 7.49. The summed E-state index contributed by atoms with van der Waals surface area (Å²) in [5, 5.41) is 0.0745. The molecule has 2 rings (SSSR count). The summed E-state index contributed by atoms with van der Waals surface area (Å²) in [4.78, 5) is 4.05. The van der Waals surface area contributed by atoms with Crippen LogP contribution in [-0.2, 0) is 17.1 Å². The SMILES string of the molecule is Cn1cnc(S(=O)(=O)NCC(Br)C2CC2)c1. The lowest BCUT2D eigenvalue weighted by Crippen LogP contribution is -2.30. The molecule has 1 aliphatic rings. The number of aromatic nitrogens is 2. The van der Waals surface area contributed by atoms with Crippen molar-refractivity contribution >= 4 is 26.0 Å². The highest BCUT2D eigenvalue weighted by Gasteiger charge is 2.30. The van der Waals surface area contributed by atoms with Crippen molar-refractivity contribution in [2.45, 2.75) is 22.7 Å². The van der Waals surface area contributed by atoms with Crippen LogP contribution in [0.2, 0.25) is 0 Å². The molecule has 1 unspecified atom stereocenters. The lowest BCUT2D eigenvalue weighted by Gasteiger charge is -2.08. The monoisotopic (exact) mass is 307 g/mol. The summed E-state index contributed by atoms with van der Waals surface area (Å²) in [6.45, 7) is 0.420. The van der Waals surface area contributed by atoms with E-state index in [4.69, 9.17) is 0 Å². The Balaban J connectivity index is 1.97. The third-order valence-corrected chi connectivity index (χ3v) is 4.94. The molecular weight excluding hydrogens is 294 g/mol. The summed E-state index contributed by atoms with van der Waals surface area (Å²) in [7, 11) is -1.71. The van der Waals surface area contributed by atoms with Crippen molar-refractivity contribution in [3.8, 4) is 0 Å². The first-order valence-electron chi connectivity index (χ1n) is 5.11. The van der Waals surface area contributed by atoms with Gasteiger partial charge >= 0.3 is 0 Å². The molecule has 1 fully saturated rings. The number of alkyl halides is 1. The van der Waals surface area contributed by atoms with Gasteiger partial charge in [0.25, 0.3) is 10.0 Å². The maximum atomic E-state index is 11.8. The Hall–Kier alpha value is -0.400. The summed E-state index contributed by atoms with van der Waals surface area (Å²) in [5.74, 6) is 0.617. The second kappa shape index (κ2) is 4.46. The topological polar surface area (TPSA) is 64.0 Å². The number of nitrogens with zero attached hydrogens (tertiary/aromatic N) is 2. The predicted molar refractivity (Wildman–Crippen MR) is 63.8 cm³/mol. The lowest BCUT2D eigenvalue weighted by molar-refractivity contribution is 0.574. The molecule has 1 saturated carbocycles. The van der Waals surface area contributed by atoms with Crippen molar-refractivity contribution in [3.05, 3.63) is 12.5 Å². The van der Waals surface area contributed by atoms with Gasteiger partial charge in [-0.25, -0.2) is 18.1 Å². The number of hydrogen-bond donors (Lipinski definition) is 1. The third kappa shape index (κ3) is 2.83. The Morgan fingerprint density at radius 1 is 1.69 bits per heavy atom. The summed E-state index contributed by atoms with van der Waals surface area (Å²) in [6.07, 6.45) is 5.33. The van der Waals surface area contributed by atoms with Crippen LogP contribution in [0.4, 0.5) is 0 Å². The molecule has 0 spiro atoms. The highest BCUT2D eigenvalue weighted by atomic mass is 79.9. The average molecular weight is 308 g/mol. The van der Waals surface area contributed by atoms with E-state index < -0.39 is 10.0 Å². The van der Waals surface area contributed by atoms with Gasteiger partial charge in [0.05, 0.1) is 6.33 Å². The highest BCUT2D eigenvalue weighted by molar-refractivity contribution is 9.09. The van der Waals surface area contributed by atoms with Gasteiger partial charge < -0.3 is 4.57 Å². The summed E-state index contributed by atoms with van der Waals surface area (Å²) in [5.41, 5.74) is 0. The van der Waals surface area contributed by atoms with Crippen LogP contribution in [0, 0.1) is 5.92 Å². The van der Waals surface area contributed by atoms with Crippen LogP contribution in [0.25, 0.3) is 0 Å². The Morgan fingerprint density at radius 3 is 2.88 bits per heavy atom. The highest BCUT2D eigenvalue weighted by Crippen LogP contribution is 2.36. The number of halogens is 1. The molecule has 1 atom stereocenters. The fourth-order valence-corrected chi connectivity index (χ4v) is 3.36. The van der Waals surface area contributed by atoms with Crippen LogP contribution in [0.3, 0.4) is 0 Å². The third-order valence-electron chi connectivity index (χ3n) is 2.56. The van der Waals surface area contributed by atoms with Crippen LogP contribution >= 0.6 is 15.9 Å². The average Bonchev–Trinajstić information content (AvgIpc) is 2.98. The van der Waals surface area contributed by atoms with Crippen molar-refractivity contribution in [1.29, 1.82) is 0 Å². The molecule has 1 heterocycles. The number of sulfonamides is 1. The van der Waals surface area contributed by atoms with E-state index in [1.807, 2.05) is 0 Å². The molecule has 1 aliphatic carbocycles. The quantitative estimate of drug-likeness (QED) is 0.821. The number of imidazole rings is 1. The summed E-state index contributed by atoms with van der Waals surface area (Å²) >= 11 is 3.48. The van der Waals surface area contributed by atoms with Gasteiger partial charge in [0.2, 0.25) is 0 Å². The molecule has 0 radical (unpaired) electrons. The molecule has 16 heavy (non-hydrogen) atoms. The molecule has 0 bridgehead atoms. The number of hydrogen-bond acceptors (Lipinski definition) is 3. The Morgan fingerprint density at radius 2 is 2.38 bits per heavy atom. The molecule has 90 valence electrons.